The molecule has 7 heteroatoms. The van der Waals surface area contributed by atoms with Gasteiger partial charge in [-0.1, -0.05) is 11.3 Å². The number of amides is 1. The van der Waals surface area contributed by atoms with Crippen molar-refractivity contribution in [2.75, 3.05) is 13.1 Å². The van der Waals surface area contributed by atoms with Crippen molar-refractivity contribution in [3.05, 3.63) is 27.1 Å². The van der Waals surface area contributed by atoms with E-state index < -0.39 is 10.5 Å². The van der Waals surface area contributed by atoms with E-state index in [9.17, 15) is 20.0 Å². The van der Waals surface area contributed by atoms with E-state index in [2.05, 4.69) is 0 Å². The Labute approximate surface area is 107 Å². The number of hydrogen-bond donors (Lipinski definition) is 1. The second-order valence-electron chi connectivity index (χ2n) is 4.93. The highest BCUT2D eigenvalue weighted by molar-refractivity contribution is 7.17. The molecule has 0 aromatic carbocycles. The maximum absolute atomic E-state index is 12.0. The Balaban J connectivity index is 1.66. The predicted octanol–water partition coefficient (Wildman–Crippen LogP) is 1.25. The monoisotopic (exact) mass is 268 g/mol. The number of thiophene rings is 1. The van der Waals surface area contributed by atoms with Crippen molar-refractivity contribution in [1.82, 2.24) is 4.90 Å². The van der Waals surface area contributed by atoms with Crippen molar-refractivity contribution in [2.24, 2.45) is 5.92 Å². The fraction of sp³-hybridized carbons (Fsp3) is 0.545. The minimum absolute atomic E-state index is 0.0312. The summed E-state index contributed by atoms with van der Waals surface area (Å²) in [6, 6.07) is 2.81. The zero-order chi connectivity index (χ0) is 12.9. The Morgan fingerprint density at radius 2 is 2.17 bits per heavy atom. The van der Waals surface area contributed by atoms with E-state index in [4.69, 9.17) is 0 Å². The molecule has 2 heterocycles. The lowest BCUT2D eigenvalue weighted by Crippen LogP contribution is -2.64. The van der Waals surface area contributed by atoms with E-state index in [1.807, 2.05) is 0 Å². The third kappa shape index (κ3) is 1.79. The van der Waals surface area contributed by atoms with Gasteiger partial charge in [0.15, 0.2) is 0 Å². The molecule has 0 unspecified atom stereocenters. The number of nitrogens with zero attached hydrogens (tertiary/aromatic N) is 2. The summed E-state index contributed by atoms with van der Waals surface area (Å²) in [4.78, 5) is 23.9. The highest BCUT2D eigenvalue weighted by Crippen LogP contribution is 2.45. The fourth-order valence-electron chi connectivity index (χ4n) is 2.33. The average molecular weight is 268 g/mol. The summed E-state index contributed by atoms with van der Waals surface area (Å²) in [5.74, 6) is 0.109. The number of likely N-dealkylation sites (tertiary alicyclic amines) is 1. The van der Waals surface area contributed by atoms with Gasteiger partial charge in [-0.3, -0.25) is 14.9 Å². The van der Waals surface area contributed by atoms with E-state index in [1.54, 1.807) is 4.90 Å². The molecule has 96 valence electrons. The van der Waals surface area contributed by atoms with Gasteiger partial charge in [0.1, 0.15) is 5.60 Å². The molecule has 1 aliphatic heterocycles. The third-order valence-electron chi connectivity index (χ3n) is 3.54. The first-order valence-electron chi connectivity index (χ1n) is 5.75. The number of β-amino-alcohol motifs (C(OH)–C–C–N with tert-alkyl or cyclic N) is 1. The van der Waals surface area contributed by atoms with Gasteiger partial charge in [0.25, 0.3) is 5.91 Å². The first-order valence-corrected chi connectivity index (χ1v) is 6.57. The molecule has 1 aromatic heterocycles. The van der Waals surface area contributed by atoms with E-state index >= 15 is 0 Å². The Bertz CT molecular complexity index is 517. The number of hydrogen-bond acceptors (Lipinski definition) is 5. The number of carbonyl (C=O) groups is 1. The largest absolute Gasteiger partial charge is 0.386 e. The van der Waals surface area contributed by atoms with Gasteiger partial charge in [0.05, 0.1) is 22.9 Å². The molecule has 0 bridgehead atoms. The highest BCUT2D eigenvalue weighted by atomic mass is 32.1. The van der Waals surface area contributed by atoms with Crippen molar-refractivity contribution >= 4 is 22.2 Å². The van der Waals surface area contributed by atoms with Crippen LogP contribution < -0.4 is 0 Å². The van der Waals surface area contributed by atoms with Crippen molar-refractivity contribution in [3.63, 3.8) is 0 Å². The Hall–Kier alpha value is -1.47. The smallest absolute Gasteiger partial charge is 0.324 e. The van der Waals surface area contributed by atoms with Crippen LogP contribution in [0.5, 0.6) is 0 Å². The molecule has 1 saturated heterocycles. The first-order chi connectivity index (χ1) is 8.49. The molecule has 3 rings (SSSR count). The van der Waals surface area contributed by atoms with Crippen LogP contribution in [0.1, 0.15) is 22.5 Å². The number of carbonyl (C=O) groups excluding carboxylic acids is 1. The van der Waals surface area contributed by atoms with Crippen LogP contribution in [-0.4, -0.2) is 39.5 Å². The number of nitro groups is 1. The maximum Gasteiger partial charge on any atom is 0.324 e. The zero-order valence-electron chi connectivity index (χ0n) is 9.54. The molecule has 0 spiro atoms. The van der Waals surface area contributed by atoms with Gasteiger partial charge in [-0.25, -0.2) is 0 Å². The van der Waals surface area contributed by atoms with Gasteiger partial charge in [-0.2, -0.15) is 0 Å². The Morgan fingerprint density at radius 1 is 1.50 bits per heavy atom. The quantitative estimate of drug-likeness (QED) is 0.660. The van der Waals surface area contributed by atoms with E-state index in [0.29, 0.717) is 23.9 Å². The molecule has 18 heavy (non-hydrogen) atoms. The normalized spacial score (nSPS) is 21.5. The second kappa shape index (κ2) is 3.76. The van der Waals surface area contributed by atoms with Gasteiger partial charge >= 0.3 is 5.00 Å². The van der Waals surface area contributed by atoms with Crippen LogP contribution in [0.2, 0.25) is 0 Å². The van der Waals surface area contributed by atoms with Crippen LogP contribution in [0.4, 0.5) is 5.00 Å². The molecule has 1 N–H and O–H groups in total. The van der Waals surface area contributed by atoms with Crippen LogP contribution in [-0.2, 0) is 0 Å². The molecule has 1 aliphatic carbocycles. The fourth-order valence-corrected chi connectivity index (χ4v) is 3.12. The van der Waals surface area contributed by atoms with Gasteiger partial charge in [0, 0.05) is 6.07 Å². The number of rotatable bonds is 3. The van der Waals surface area contributed by atoms with E-state index in [0.717, 1.165) is 24.2 Å². The molecule has 6 nitrogen and oxygen atoms in total. The van der Waals surface area contributed by atoms with Gasteiger partial charge in [0.2, 0.25) is 0 Å². The van der Waals surface area contributed by atoms with Crippen molar-refractivity contribution < 1.29 is 14.8 Å². The summed E-state index contributed by atoms with van der Waals surface area (Å²) in [6.07, 6.45) is 2.06. The lowest BCUT2D eigenvalue weighted by Gasteiger charge is -2.46. The van der Waals surface area contributed by atoms with Gasteiger partial charge in [-0.15, -0.1) is 0 Å². The van der Waals surface area contributed by atoms with Crippen molar-refractivity contribution in [2.45, 2.75) is 18.4 Å². The molecular formula is C11H12N2O4S. The first kappa shape index (κ1) is 11.6. The van der Waals surface area contributed by atoms with Crippen LogP contribution in [0.3, 0.4) is 0 Å². The second-order valence-corrected chi connectivity index (χ2v) is 6.00. The summed E-state index contributed by atoms with van der Waals surface area (Å²) < 4.78 is 0. The summed E-state index contributed by atoms with van der Waals surface area (Å²) in [5, 5.41) is 20.6. The minimum Gasteiger partial charge on any atom is -0.386 e. The lowest BCUT2D eigenvalue weighted by molar-refractivity contribution is -0.380. The van der Waals surface area contributed by atoms with Gasteiger partial charge < -0.3 is 10.0 Å². The van der Waals surface area contributed by atoms with E-state index in [1.165, 1.54) is 12.1 Å². The lowest BCUT2D eigenvalue weighted by atomic mass is 9.88. The van der Waals surface area contributed by atoms with Crippen LogP contribution in [0, 0.1) is 16.0 Å². The maximum atomic E-state index is 12.0. The third-order valence-corrected chi connectivity index (χ3v) is 4.56. The molecule has 0 radical (unpaired) electrons. The SMILES string of the molecule is O=C(c1ccc([N+](=O)[O-])s1)N1CC(O)(C2CC2)C1. The molecule has 0 atom stereocenters. The molecule has 1 amide bonds. The highest BCUT2D eigenvalue weighted by Gasteiger charge is 2.53. The Kier molecular flexibility index (Phi) is 2.43. The summed E-state index contributed by atoms with van der Waals surface area (Å²) in [5.41, 5.74) is -0.709. The van der Waals surface area contributed by atoms with Crippen molar-refractivity contribution in [1.29, 1.82) is 0 Å². The molecule has 2 fully saturated rings. The minimum atomic E-state index is -0.709. The summed E-state index contributed by atoms with van der Waals surface area (Å²) >= 11 is 0.879. The van der Waals surface area contributed by atoms with Crippen LogP contribution >= 0.6 is 11.3 Å². The molecule has 2 aliphatic rings. The van der Waals surface area contributed by atoms with Crippen LogP contribution in [0.15, 0.2) is 12.1 Å². The molecule has 1 saturated carbocycles. The summed E-state index contributed by atoms with van der Waals surface area (Å²) in [7, 11) is 0. The van der Waals surface area contributed by atoms with Crippen molar-refractivity contribution in [3.8, 4) is 0 Å². The van der Waals surface area contributed by atoms with E-state index in [-0.39, 0.29) is 10.9 Å². The zero-order valence-corrected chi connectivity index (χ0v) is 10.4. The van der Waals surface area contributed by atoms with Crippen LogP contribution in [0.25, 0.3) is 0 Å². The average Bonchev–Trinajstić information content (AvgIpc) is 3.01. The Morgan fingerprint density at radius 3 is 2.67 bits per heavy atom. The molecule has 1 aromatic rings. The topological polar surface area (TPSA) is 83.7 Å². The number of aliphatic hydroxyl groups is 1. The predicted molar refractivity (Wildman–Crippen MR) is 64.6 cm³/mol. The molecular weight excluding hydrogens is 256 g/mol. The summed E-state index contributed by atoms with van der Waals surface area (Å²) in [6.45, 7) is 0.699. The van der Waals surface area contributed by atoms with Gasteiger partial charge in [-0.05, 0) is 24.8 Å². The standard InChI is InChI=1S/C11H12N2O4S/c14-10(8-3-4-9(18-8)13(16)17)12-5-11(15,6-12)7-1-2-7/h3-4,7,15H,1-2,5-6H2.